The number of nitrogens with zero attached hydrogens (tertiary/aromatic N) is 4. The molecule has 3 heterocycles. The normalized spacial score (nSPS) is 15.1. The number of carboxylic acids is 1. The predicted octanol–water partition coefficient (Wildman–Crippen LogP) is 2.45. The van der Waals surface area contributed by atoms with Crippen LogP contribution in [0.5, 0.6) is 0 Å². The van der Waals surface area contributed by atoms with E-state index in [1.807, 2.05) is 0 Å². The van der Waals surface area contributed by atoms with Crippen LogP contribution in [0.15, 0.2) is 36.7 Å². The number of rotatable bonds is 4. The number of nitro benzene ring substituents is 1. The lowest BCUT2D eigenvalue weighted by Gasteiger charge is -2.31. The van der Waals surface area contributed by atoms with Crippen molar-refractivity contribution in [3.8, 4) is 0 Å². The Morgan fingerprint density at radius 1 is 1.29 bits per heavy atom. The molecule has 0 radical (unpaired) electrons. The largest absolute Gasteiger partial charge is 0.478 e. The highest BCUT2D eigenvalue weighted by Crippen LogP contribution is 2.27. The van der Waals surface area contributed by atoms with E-state index in [0.717, 1.165) is 0 Å². The van der Waals surface area contributed by atoms with E-state index in [1.165, 1.54) is 18.5 Å². The van der Waals surface area contributed by atoms with Gasteiger partial charge in [0, 0.05) is 30.7 Å². The zero-order valence-electron chi connectivity index (χ0n) is 14.7. The maximum Gasteiger partial charge on any atom is 0.338 e. The number of carbonyl (C=O) groups excluding carboxylic acids is 1. The lowest BCUT2D eigenvalue weighted by molar-refractivity contribution is -0.383. The number of hydrogen-bond acceptors (Lipinski definition) is 5. The summed E-state index contributed by atoms with van der Waals surface area (Å²) in [6.07, 6.45) is 4.11. The quantitative estimate of drug-likeness (QED) is 0.525. The van der Waals surface area contributed by atoms with Crippen molar-refractivity contribution in [2.45, 2.75) is 18.9 Å². The molecule has 0 spiro atoms. The smallest absolute Gasteiger partial charge is 0.338 e. The number of likely N-dealkylation sites (tertiary alicyclic amines) is 1. The number of non-ortho nitro benzene ring substituents is 1. The number of fused-ring (bicyclic) bond motifs is 1. The molecule has 1 amide bonds. The molecule has 0 atom stereocenters. The van der Waals surface area contributed by atoms with Gasteiger partial charge in [-0.05, 0) is 18.9 Å². The Bertz CT molecular complexity index is 1080. The fourth-order valence-corrected chi connectivity index (χ4v) is 3.56. The monoisotopic (exact) mass is 383 g/mol. The SMILES string of the molecule is O=C(O)c1cnn(C2CCN(C(=O)c3cc4cccc([N+](=O)[O-])c4[nH]3)CC2)c1. The van der Waals surface area contributed by atoms with Crippen molar-refractivity contribution in [3.63, 3.8) is 0 Å². The van der Waals surface area contributed by atoms with Crippen LogP contribution in [0.4, 0.5) is 5.69 Å². The van der Waals surface area contributed by atoms with Crippen LogP contribution in [-0.2, 0) is 0 Å². The van der Waals surface area contributed by atoms with Crippen molar-refractivity contribution in [3.05, 3.63) is 58.0 Å². The van der Waals surface area contributed by atoms with E-state index in [2.05, 4.69) is 10.1 Å². The lowest BCUT2D eigenvalue weighted by atomic mass is 10.0. The van der Waals surface area contributed by atoms with E-state index in [4.69, 9.17) is 5.11 Å². The topological polar surface area (TPSA) is 134 Å². The van der Waals surface area contributed by atoms with Gasteiger partial charge in [-0.2, -0.15) is 5.10 Å². The Hall–Kier alpha value is -3.69. The van der Waals surface area contributed by atoms with E-state index in [9.17, 15) is 19.7 Å². The maximum absolute atomic E-state index is 12.8. The van der Waals surface area contributed by atoms with Crippen LogP contribution in [0.1, 0.15) is 39.7 Å². The van der Waals surface area contributed by atoms with Gasteiger partial charge >= 0.3 is 5.97 Å². The zero-order chi connectivity index (χ0) is 19.8. The summed E-state index contributed by atoms with van der Waals surface area (Å²) in [5.41, 5.74) is 0.722. The molecule has 0 bridgehead atoms. The Kier molecular flexibility index (Phi) is 4.30. The number of carboxylic acid groups (broad SMARTS) is 1. The second-order valence-electron chi connectivity index (χ2n) is 6.72. The van der Waals surface area contributed by atoms with Gasteiger partial charge in [0.2, 0.25) is 0 Å². The van der Waals surface area contributed by atoms with Gasteiger partial charge in [0.1, 0.15) is 11.2 Å². The molecule has 1 aromatic carbocycles. The average molecular weight is 383 g/mol. The number of H-pyrrole nitrogens is 1. The fourth-order valence-electron chi connectivity index (χ4n) is 3.56. The minimum Gasteiger partial charge on any atom is -0.478 e. The summed E-state index contributed by atoms with van der Waals surface area (Å²) < 4.78 is 1.64. The first kappa shape index (κ1) is 17.7. The maximum atomic E-state index is 12.8. The second kappa shape index (κ2) is 6.80. The highest BCUT2D eigenvalue weighted by atomic mass is 16.6. The van der Waals surface area contributed by atoms with Crippen molar-refractivity contribution in [1.29, 1.82) is 0 Å². The van der Waals surface area contributed by atoms with Crippen LogP contribution < -0.4 is 0 Å². The number of nitro groups is 1. The minimum absolute atomic E-state index is 0.0287. The molecule has 0 saturated carbocycles. The van der Waals surface area contributed by atoms with Gasteiger partial charge < -0.3 is 15.0 Å². The molecule has 144 valence electrons. The number of hydrogen-bond donors (Lipinski definition) is 2. The number of benzene rings is 1. The number of aromatic nitrogens is 3. The standard InChI is InChI=1S/C18H17N5O5/c24-17(14-8-11-2-1-3-15(23(27)28)16(11)20-14)21-6-4-13(5-7-21)22-10-12(9-19-22)18(25)26/h1-3,8-10,13,20H,4-7H2,(H,25,26). The molecular formula is C18H17N5O5. The van der Waals surface area contributed by atoms with Gasteiger partial charge in [-0.25, -0.2) is 4.79 Å². The molecule has 0 aliphatic carbocycles. The summed E-state index contributed by atoms with van der Waals surface area (Å²) >= 11 is 0. The van der Waals surface area contributed by atoms with Crippen LogP contribution in [0.25, 0.3) is 10.9 Å². The first-order valence-electron chi connectivity index (χ1n) is 8.77. The molecule has 28 heavy (non-hydrogen) atoms. The number of piperidine rings is 1. The summed E-state index contributed by atoms with van der Waals surface area (Å²) in [4.78, 5) is 39.0. The van der Waals surface area contributed by atoms with Crippen LogP contribution in [0.2, 0.25) is 0 Å². The fraction of sp³-hybridized carbons (Fsp3) is 0.278. The van der Waals surface area contributed by atoms with Crippen molar-refractivity contribution < 1.29 is 19.6 Å². The summed E-state index contributed by atoms with van der Waals surface area (Å²) in [6, 6.07) is 6.36. The number of carbonyl (C=O) groups is 2. The van der Waals surface area contributed by atoms with Gasteiger partial charge in [0.05, 0.1) is 22.7 Å². The molecular weight excluding hydrogens is 366 g/mol. The van der Waals surface area contributed by atoms with Gasteiger partial charge in [0.15, 0.2) is 0 Å². The highest BCUT2D eigenvalue weighted by molar-refractivity contribution is 6.00. The van der Waals surface area contributed by atoms with Crippen molar-refractivity contribution in [1.82, 2.24) is 19.7 Å². The third kappa shape index (κ3) is 3.08. The molecule has 3 aromatic rings. The minimum atomic E-state index is -1.02. The van der Waals surface area contributed by atoms with Gasteiger partial charge in [0.25, 0.3) is 11.6 Å². The molecule has 0 unspecified atom stereocenters. The molecule has 2 aromatic heterocycles. The third-order valence-electron chi connectivity index (χ3n) is 5.04. The van der Waals surface area contributed by atoms with Crippen LogP contribution in [0, 0.1) is 10.1 Å². The van der Waals surface area contributed by atoms with E-state index in [-0.39, 0.29) is 23.2 Å². The summed E-state index contributed by atoms with van der Waals surface area (Å²) in [5, 5.41) is 24.9. The molecule has 1 aliphatic heterocycles. The first-order valence-corrected chi connectivity index (χ1v) is 8.77. The molecule has 10 heteroatoms. The number of aromatic carboxylic acids is 1. The number of para-hydroxylation sites is 1. The van der Waals surface area contributed by atoms with Crippen LogP contribution in [-0.4, -0.2) is 54.7 Å². The molecule has 1 saturated heterocycles. The summed E-state index contributed by atoms with van der Waals surface area (Å²) in [6.45, 7) is 0.979. The predicted molar refractivity (Wildman–Crippen MR) is 98.3 cm³/mol. The van der Waals surface area contributed by atoms with E-state index in [0.29, 0.717) is 42.5 Å². The van der Waals surface area contributed by atoms with E-state index in [1.54, 1.807) is 27.8 Å². The Morgan fingerprint density at radius 2 is 2.04 bits per heavy atom. The first-order chi connectivity index (χ1) is 13.4. The summed E-state index contributed by atoms with van der Waals surface area (Å²) in [7, 11) is 0. The molecule has 10 nitrogen and oxygen atoms in total. The highest BCUT2D eigenvalue weighted by Gasteiger charge is 2.27. The van der Waals surface area contributed by atoms with Gasteiger partial charge in [-0.1, -0.05) is 12.1 Å². The van der Waals surface area contributed by atoms with Crippen LogP contribution >= 0.6 is 0 Å². The number of nitrogens with one attached hydrogen (secondary N) is 1. The number of amides is 1. The number of aromatic amines is 1. The average Bonchev–Trinajstić information content (AvgIpc) is 3.34. The zero-order valence-corrected chi connectivity index (χ0v) is 14.7. The van der Waals surface area contributed by atoms with E-state index >= 15 is 0 Å². The van der Waals surface area contributed by atoms with Crippen molar-refractivity contribution in [2.24, 2.45) is 0 Å². The second-order valence-corrected chi connectivity index (χ2v) is 6.72. The van der Waals surface area contributed by atoms with Crippen LogP contribution in [0.3, 0.4) is 0 Å². The molecule has 4 rings (SSSR count). The van der Waals surface area contributed by atoms with E-state index < -0.39 is 10.9 Å². The van der Waals surface area contributed by atoms with Gasteiger partial charge in [-0.15, -0.1) is 0 Å². The van der Waals surface area contributed by atoms with Crippen molar-refractivity contribution in [2.75, 3.05) is 13.1 Å². The molecule has 2 N–H and O–H groups in total. The molecule has 1 fully saturated rings. The molecule has 1 aliphatic rings. The van der Waals surface area contributed by atoms with Crippen molar-refractivity contribution >= 4 is 28.5 Å². The lowest BCUT2D eigenvalue weighted by Crippen LogP contribution is -2.39. The Balaban J connectivity index is 1.48. The Labute approximate surface area is 158 Å². The van der Waals surface area contributed by atoms with Gasteiger partial charge in [-0.3, -0.25) is 19.6 Å². The third-order valence-corrected chi connectivity index (χ3v) is 5.04. The Morgan fingerprint density at radius 3 is 2.68 bits per heavy atom. The summed E-state index contributed by atoms with van der Waals surface area (Å²) in [5.74, 6) is -1.23.